The minimum atomic E-state index is -0.0210. The van der Waals surface area contributed by atoms with E-state index in [1.807, 2.05) is 48.5 Å². The number of carbonyl (C=O) groups excluding carboxylic acids is 1. The quantitative estimate of drug-likeness (QED) is 0.933. The number of para-hydroxylation sites is 2. The fraction of sp³-hybridized carbons (Fsp3) is 0.278. The van der Waals surface area contributed by atoms with Gasteiger partial charge in [0.15, 0.2) is 0 Å². The van der Waals surface area contributed by atoms with Gasteiger partial charge in [0.2, 0.25) is 0 Å². The fourth-order valence-electron chi connectivity index (χ4n) is 2.96. The Balaban J connectivity index is 1.84. The molecule has 1 N–H and O–H groups in total. The van der Waals surface area contributed by atoms with Gasteiger partial charge in [-0.1, -0.05) is 36.4 Å². The maximum absolute atomic E-state index is 12.7. The maximum atomic E-state index is 12.7. The molecule has 3 rings (SSSR count). The van der Waals surface area contributed by atoms with Gasteiger partial charge in [0, 0.05) is 30.1 Å². The highest BCUT2D eigenvalue weighted by atomic mass is 16.5. The lowest BCUT2D eigenvalue weighted by molar-refractivity contribution is -0.120. The second-order valence-electron chi connectivity index (χ2n) is 5.31. The van der Waals surface area contributed by atoms with Crippen molar-refractivity contribution in [1.82, 2.24) is 0 Å². The van der Waals surface area contributed by atoms with E-state index in [9.17, 15) is 4.79 Å². The number of hydrogen-bond acceptors (Lipinski definition) is 3. The summed E-state index contributed by atoms with van der Waals surface area (Å²) in [5.41, 5.74) is 3.16. The van der Waals surface area contributed by atoms with Crippen molar-refractivity contribution in [2.45, 2.75) is 18.8 Å². The molecule has 0 aromatic heterocycles. The number of hydrogen-bond donors (Lipinski definition) is 1. The predicted molar refractivity (Wildman–Crippen MR) is 84.0 cm³/mol. The van der Waals surface area contributed by atoms with Crippen LogP contribution in [0.5, 0.6) is 5.75 Å². The second kappa shape index (κ2) is 6.00. The van der Waals surface area contributed by atoms with Gasteiger partial charge in [-0.05, 0) is 24.1 Å². The van der Waals surface area contributed by atoms with E-state index >= 15 is 0 Å². The van der Waals surface area contributed by atoms with Crippen LogP contribution in [0.25, 0.3) is 0 Å². The number of fused-ring (bicyclic) bond motifs is 1. The molecule has 0 fully saturated rings. The summed E-state index contributed by atoms with van der Waals surface area (Å²) in [5.74, 6) is 1.02. The first-order valence-electron chi connectivity index (χ1n) is 7.27. The molecule has 0 amide bonds. The van der Waals surface area contributed by atoms with E-state index < -0.39 is 0 Å². The molecule has 0 aliphatic carbocycles. The third kappa shape index (κ3) is 2.77. The van der Waals surface area contributed by atoms with Crippen LogP contribution in [-0.2, 0) is 11.2 Å². The monoisotopic (exact) mass is 281 g/mol. The number of benzene rings is 2. The summed E-state index contributed by atoms with van der Waals surface area (Å²) < 4.78 is 5.34. The molecule has 0 saturated heterocycles. The molecule has 2 aromatic rings. The lowest BCUT2D eigenvalue weighted by Gasteiger charge is -2.25. The third-order valence-corrected chi connectivity index (χ3v) is 4.03. The standard InChI is InChI=1S/C18H19NO2/c1-21-18-9-5-2-6-13(18)12-17(20)15-10-11-19-16-8-4-3-7-14(15)16/h2-9,15,19H,10-12H2,1H3. The Bertz CT molecular complexity index is 651. The molecule has 3 nitrogen and oxygen atoms in total. The van der Waals surface area contributed by atoms with Crippen molar-refractivity contribution >= 4 is 11.5 Å². The van der Waals surface area contributed by atoms with Crippen molar-refractivity contribution in [3.05, 3.63) is 59.7 Å². The molecule has 1 unspecified atom stereocenters. The average molecular weight is 281 g/mol. The van der Waals surface area contributed by atoms with E-state index in [1.165, 1.54) is 0 Å². The minimum absolute atomic E-state index is 0.0210. The van der Waals surface area contributed by atoms with Crippen LogP contribution in [0.3, 0.4) is 0 Å². The Morgan fingerprint density at radius 2 is 1.95 bits per heavy atom. The molecule has 1 aliphatic rings. The van der Waals surface area contributed by atoms with Crippen LogP contribution >= 0.6 is 0 Å². The predicted octanol–water partition coefficient (Wildman–Crippen LogP) is 3.41. The highest BCUT2D eigenvalue weighted by molar-refractivity contribution is 5.90. The van der Waals surface area contributed by atoms with Crippen LogP contribution in [0, 0.1) is 0 Å². The summed E-state index contributed by atoms with van der Waals surface area (Å²) >= 11 is 0. The largest absolute Gasteiger partial charge is 0.496 e. The molecule has 1 heterocycles. The number of rotatable bonds is 4. The van der Waals surface area contributed by atoms with Crippen molar-refractivity contribution in [1.29, 1.82) is 0 Å². The topological polar surface area (TPSA) is 38.3 Å². The number of anilines is 1. The van der Waals surface area contributed by atoms with Crippen LogP contribution in [0.15, 0.2) is 48.5 Å². The van der Waals surface area contributed by atoms with Gasteiger partial charge in [-0.2, -0.15) is 0 Å². The van der Waals surface area contributed by atoms with E-state index in [0.29, 0.717) is 6.42 Å². The number of ketones is 1. The molecule has 0 bridgehead atoms. The molecule has 108 valence electrons. The summed E-state index contributed by atoms with van der Waals surface area (Å²) in [6.45, 7) is 0.847. The number of Topliss-reactive ketones (excluding diaryl/α,β-unsaturated/α-hetero) is 1. The van der Waals surface area contributed by atoms with Gasteiger partial charge in [0.1, 0.15) is 11.5 Å². The van der Waals surface area contributed by atoms with Crippen LogP contribution in [-0.4, -0.2) is 19.4 Å². The van der Waals surface area contributed by atoms with Gasteiger partial charge >= 0.3 is 0 Å². The summed E-state index contributed by atoms with van der Waals surface area (Å²) in [6.07, 6.45) is 1.27. The molecule has 0 radical (unpaired) electrons. The van der Waals surface area contributed by atoms with Crippen LogP contribution in [0.1, 0.15) is 23.5 Å². The van der Waals surface area contributed by atoms with Crippen molar-refractivity contribution < 1.29 is 9.53 Å². The zero-order valence-corrected chi connectivity index (χ0v) is 12.1. The zero-order valence-electron chi connectivity index (χ0n) is 12.1. The summed E-state index contributed by atoms with van der Waals surface area (Å²) in [5, 5.41) is 3.36. The average Bonchev–Trinajstić information content (AvgIpc) is 2.54. The number of methoxy groups -OCH3 is 1. The maximum Gasteiger partial charge on any atom is 0.144 e. The van der Waals surface area contributed by atoms with Crippen LogP contribution in [0.4, 0.5) is 5.69 Å². The van der Waals surface area contributed by atoms with Gasteiger partial charge in [-0.15, -0.1) is 0 Å². The first-order chi connectivity index (χ1) is 10.3. The van der Waals surface area contributed by atoms with E-state index in [4.69, 9.17) is 4.74 Å². The summed E-state index contributed by atoms with van der Waals surface area (Å²) in [7, 11) is 1.64. The van der Waals surface area contributed by atoms with Gasteiger partial charge in [0.05, 0.1) is 7.11 Å². The Hall–Kier alpha value is -2.29. The number of ether oxygens (including phenoxy) is 1. The molecule has 21 heavy (non-hydrogen) atoms. The first kappa shape index (κ1) is 13.7. The molecule has 0 saturated carbocycles. The van der Waals surface area contributed by atoms with Gasteiger partial charge in [-0.3, -0.25) is 4.79 Å². The normalized spacial score (nSPS) is 16.7. The highest BCUT2D eigenvalue weighted by Gasteiger charge is 2.26. The van der Waals surface area contributed by atoms with Crippen LogP contribution < -0.4 is 10.1 Å². The van der Waals surface area contributed by atoms with Crippen molar-refractivity contribution in [2.75, 3.05) is 19.0 Å². The number of nitrogens with one attached hydrogen (secondary N) is 1. The lowest BCUT2D eigenvalue weighted by Crippen LogP contribution is -2.24. The number of carbonyl (C=O) groups is 1. The van der Waals surface area contributed by atoms with E-state index in [2.05, 4.69) is 5.32 Å². The zero-order chi connectivity index (χ0) is 14.7. The molecule has 2 aromatic carbocycles. The summed E-state index contributed by atoms with van der Waals surface area (Å²) in [4.78, 5) is 12.7. The van der Waals surface area contributed by atoms with Gasteiger partial charge < -0.3 is 10.1 Å². The molecule has 0 spiro atoms. The molecule has 1 atom stereocenters. The highest BCUT2D eigenvalue weighted by Crippen LogP contribution is 2.33. The van der Waals surface area contributed by atoms with E-state index in [1.54, 1.807) is 7.11 Å². The van der Waals surface area contributed by atoms with Crippen molar-refractivity contribution in [3.63, 3.8) is 0 Å². The Morgan fingerprint density at radius 1 is 1.19 bits per heavy atom. The molecule has 1 aliphatic heterocycles. The van der Waals surface area contributed by atoms with Crippen molar-refractivity contribution in [2.24, 2.45) is 0 Å². The van der Waals surface area contributed by atoms with Crippen molar-refractivity contribution in [3.8, 4) is 5.75 Å². The molecular weight excluding hydrogens is 262 g/mol. The molecular formula is C18H19NO2. The Kier molecular flexibility index (Phi) is 3.91. The third-order valence-electron chi connectivity index (χ3n) is 4.03. The van der Waals surface area contributed by atoms with E-state index in [0.717, 1.165) is 35.5 Å². The Morgan fingerprint density at radius 3 is 2.81 bits per heavy atom. The summed E-state index contributed by atoms with van der Waals surface area (Å²) in [6, 6.07) is 15.8. The first-order valence-corrected chi connectivity index (χ1v) is 7.27. The smallest absolute Gasteiger partial charge is 0.144 e. The van der Waals surface area contributed by atoms with Gasteiger partial charge in [-0.25, -0.2) is 0 Å². The second-order valence-corrected chi connectivity index (χ2v) is 5.31. The minimum Gasteiger partial charge on any atom is -0.496 e. The van der Waals surface area contributed by atoms with Gasteiger partial charge in [0.25, 0.3) is 0 Å². The van der Waals surface area contributed by atoms with Crippen LogP contribution in [0.2, 0.25) is 0 Å². The molecule has 3 heteroatoms. The Labute approximate surface area is 124 Å². The SMILES string of the molecule is COc1ccccc1CC(=O)C1CCNc2ccccc21. The van der Waals surface area contributed by atoms with E-state index in [-0.39, 0.29) is 11.7 Å². The lowest BCUT2D eigenvalue weighted by atomic mass is 9.85. The fourth-order valence-corrected chi connectivity index (χ4v) is 2.96.